The molecule has 2 heterocycles. The van der Waals surface area contributed by atoms with Crippen molar-refractivity contribution < 1.29 is 4.42 Å². The van der Waals surface area contributed by atoms with Crippen molar-refractivity contribution in [1.29, 1.82) is 0 Å². The van der Waals surface area contributed by atoms with Gasteiger partial charge in [0, 0.05) is 42.4 Å². The lowest BCUT2D eigenvalue weighted by atomic mass is 9.67. The largest absolute Gasteiger partial charge is 0.455 e. The van der Waals surface area contributed by atoms with Crippen molar-refractivity contribution in [2.45, 2.75) is 5.41 Å². The zero-order valence-electron chi connectivity index (χ0n) is 20.1. The molecule has 0 N–H and O–H groups in total. The summed E-state index contributed by atoms with van der Waals surface area (Å²) in [5.74, 6) is 0. The zero-order valence-corrected chi connectivity index (χ0v) is 23.3. The van der Waals surface area contributed by atoms with Gasteiger partial charge in [0.1, 0.15) is 11.2 Å². The molecule has 7 aromatic rings. The van der Waals surface area contributed by atoms with Crippen LogP contribution in [-0.2, 0) is 5.41 Å². The molecule has 2 aromatic heterocycles. The second-order valence-electron chi connectivity index (χ2n) is 9.75. The van der Waals surface area contributed by atoms with E-state index in [0.29, 0.717) is 0 Å². The number of furan rings is 1. The van der Waals surface area contributed by atoms with E-state index >= 15 is 0 Å². The fourth-order valence-electron chi connectivity index (χ4n) is 6.46. The van der Waals surface area contributed by atoms with E-state index in [1.807, 2.05) is 24.4 Å². The summed E-state index contributed by atoms with van der Waals surface area (Å²) >= 11 is 7.88. The Balaban J connectivity index is 1.69. The normalized spacial score (nSPS) is 13.7. The van der Waals surface area contributed by atoms with E-state index in [2.05, 4.69) is 123 Å². The van der Waals surface area contributed by atoms with Crippen LogP contribution in [0.4, 0.5) is 0 Å². The number of aromatic nitrogens is 1. The van der Waals surface area contributed by atoms with E-state index < -0.39 is 5.41 Å². The van der Waals surface area contributed by atoms with Gasteiger partial charge in [0.15, 0.2) is 0 Å². The summed E-state index contributed by atoms with van der Waals surface area (Å²) in [5.41, 5.74) is 9.21. The first-order valence-corrected chi connectivity index (χ1v) is 14.1. The van der Waals surface area contributed by atoms with Gasteiger partial charge in [-0.05, 0) is 46.5 Å². The first-order valence-electron chi connectivity index (χ1n) is 12.5. The Morgan fingerprint density at radius 2 is 1.21 bits per heavy atom. The molecule has 8 rings (SSSR count). The highest BCUT2D eigenvalue weighted by molar-refractivity contribution is 9.11. The molecule has 0 aliphatic heterocycles. The molecule has 180 valence electrons. The third-order valence-electron chi connectivity index (χ3n) is 7.92. The highest BCUT2D eigenvalue weighted by Gasteiger charge is 2.49. The summed E-state index contributed by atoms with van der Waals surface area (Å²) < 4.78 is 8.76. The minimum atomic E-state index is -0.558. The quantitative estimate of drug-likeness (QED) is 0.193. The van der Waals surface area contributed by atoms with E-state index in [9.17, 15) is 0 Å². The third kappa shape index (κ3) is 2.79. The van der Waals surface area contributed by atoms with Gasteiger partial charge in [-0.1, -0.05) is 117 Å². The van der Waals surface area contributed by atoms with E-state index in [1.54, 1.807) is 0 Å². The number of fused-ring (bicyclic) bond motifs is 9. The molecule has 1 aliphatic carbocycles. The van der Waals surface area contributed by atoms with E-state index in [-0.39, 0.29) is 0 Å². The van der Waals surface area contributed by atoms with Gasteiger partial charge in [-0.25, -0.2) is 0 Å². The zero-order chi connectivity index (χ0) is 25.4. The van der Waals surface area contributed by atoms with Crippen molar-refractivity contribution in [2.24, 2.45) is 0 Å². The molecule has 0 atom stereocenters. The van der Waals surface area contributed by atoms with Gasteiger partial charge < -0.3 is 4.42 Å². The molecule has 0 bridgehead atoms. The maximum absolute atomic E-state index is 6.71. The van der Waals surface area contributed by atoms with Crippen molar-refractivity contribution in [3.05, 3.63) is 147 Å². The van der Waals surface area contributed by atoms with Crippen molar-refractivity contribution in [3.63, 3.8) is 0 Å². The highest BCUT2D eigenvalue weighted by Crippen LogP contribution is 2.61. The third-order valence-corrected chi connectivity index (χ3v) is 9.20. The fraction of sp³-hybridized carbons (Fsp3) is 0.0294. The van der Waals surface area contributed by atoms with E-state index in [1.165, 1.54) is 22.3 Å². The number of nitrogens with zero attached hydrogens (tertiary/aromatic N) is 1. The molecule has 0 unspecified atom stereocenters. The lowest BCUT2D eigenvalue weighted by Gasteiger charge is -2.34. The van der Waals surface area contributed by atoms with E-state index in [0.717, 1.165) is 52.9 Å². The van der Waals surface area contributed by atoms with Crippen LogP contribution in [0.3, 0.4) is 0 Å². The van der Waals surface area contributed by atoms with Gasteiger partial charge in [-0.15, -0.1) is 0 Å². The van der Waals surface area contributed by atoms with Gasteiger partial charge >= 0.3 is 0 Å². The molecule has 0 spiro atoms. The molecule has 38 heavy (non-hydrogen) atoms. The minimum absolute atomic E-state index is 0.558. The predicted octanol–water partition coefficient (Wildman–Crippen LogP) is 10.0. The maximum Gasteiger partial charge on any atom is 0.144 e. The van der Waals surface area contributed by atoms with Crippen molar-refractivity contribution in [1.82, 2.24) is 4.98 Å². The summed E-state index contributed by atoms with van der Waals surface area (Å²) in [6.45, 7) is 0. The molecule has 0 saturated carbocycles. The number of para-hydroxylation sites is 1. The van der Waals surface area contributed by atoms with Crippen LogP contribution in [0.2, 0.25) is 0 Å². The minimum Gasteiger partial charge on any atom is -0.455 e. The smallest absolute Gasteiger partial charge is 0.144 e. The van der Waals surface area contributed by atoms with Crippen LogP contribution in [0.5, 0.6) is 0 Å². The van der Waals surface area contributed by atoms with Gasteiger partial charge in [0.25, 0.3) is 0 Å². The summed E-state index contributed by atoms with van der Waals surface area (Å²) in [6, 6.07) is 38.6. The SMILES string of the molecule is Brc1cc2c(c3ncccc13)-c1c(cc(Br)c3c1oc1ccccc13)C2(c1ccccc1)c1ccccc1. The molecule has 2 nitrogen and oxygen atoms in total. The molecular weight excluding hydrogens is 598 g/mol. The van der Waals surface area contributed by atoms with Crippen LogP contribution in [0.25, 0.3) is 44.0 Å². The topological polar surface area (TPSA) is 26.0 Å². The molecule has 0 fully saturated rings. The van der Waals surface area contributed by atoms with Crippen molar-refractivity contribution >= 4 is 64.7 Å². The Bertz CT molecular complexity index is 2010. The Morgan fingerprint density at radius 3 is 1.95 bits per heavy atom. The van der Waals surface area contributed by atoms with E-state index in [4.69, 9.17) is 9.40 Å². The van der Waals surface area contributed by atoms with Crippen molar-refractivity contribution in [2.75, 3.05) is 0 Å². The maximum atomic E-state index is 6.71. The van der Waals surface area contributed by atoms with Crippen LogP contribution in [-0.4, -0.2) is 4.98 Å². The van der Waals surface area contributed by atoms with Crippen LogP contribution in [0, 0.1) is 0 Å². The Kier molecular flexibility index (Phi) is 4.77. The average Bonchev–Trinajstić information content (AvgIpc) is 3.49. The molecule has 0 amide bonds. The van der Waals surface area contributed by atoms with Crippen LogP contribution in [0.15, 0.2) is 129 Å². The monoisotopic (exact) mass is 615 g/mol. The lowest BCUT2D eigenvalue weighted by molar-refractivity contribution is 0.668. The van der Waals surface area contributed by atoms with Crippen LogP contribution < -0.4 is 0 Å². The van der Waals surface area contributed by atoms with Gasteiger partial charge in [0.05, 0.1) is 10.9 Å². The summed E-state index contributed by atoms with van der Waals surface area (Å²) in [4.78, 5) is 4.97. The Labute approximate surface area is 236 Å². The average molecular weight is 617 g/mol. The Morgan fingerprint density at radius 1 is 0.605 bits per heavy atom. The van der Waals surface area contributed by atoms with Gasteiger partial charge in [-0.2, -0.15) is 0 Å². The number of pyridine rings is 1. The second-order valence-corrected chi connectivity index (χ2v) is 11.5. The summed E-state index contributed by atoms with van der Waals surface area (Å²) in [7, 11) is 0. The van der Waals surface area contributed by atoms with Gasteiger partial charge in [-0.3, -0.25) is 4.98 Å². The lowest BCUT2D eigenvalue weighted by Crippen LogP contribution is -2.28. The van der Waals surface area contributed by atoms with Gasteiger partial charge in [0.2, 0.25) is 0 Å². The summed E-state index contributed by atoms with van der Waals surface area (Å²) in [6.07, 6.45) is 1.88. The first-order chi connectivity index (χ1) is 18.7. The Hall–Kier alpha value is -3.73. The fourth-order valence-corrected chi connectivity index (χ4v) is 7.63. The standard InChI is InChI=1S/C34H19Br2NO/c35-26-18-24-30(32-22(26)15-9-17-37-32)31-25(19-27(36)29-23-14-7-8-16-28(23)38-33(29)31)34(24,20-10-3-1-4-11-20)21-12-5-2-6-13-21/h1-19H. The number of halogens is 2. The first kappa shape index (κ1) is 22.3. The molecular formula is C34H19Br2NO. The molecule has 5 aromatic carbocycles. The summed E-state index contributed by atoms with van der Waals surface area (Å²) in [5, 5.41) is 3.28. The highest BCUT2D eigenvalue weighted by atomic mass is 79.9. The van der Waals surface area contributed by atoms with Crippen LogP contribution >= 0.6 is 31.9 Å². The molecule has 4 heteroatoms. The van der Waals surface area contributed by atoms with Crippen molar-refractivity contribution in [3.8, 4) is 11.1 Å². The number of hydrogen-bond donors (Lipinski definition) is 0. The second kappa shape index (κ2) is 8.13. The molecule has 1 aliphatic rings. The number of benzene rings is 5. The molecule has 0 saturated heterocycles. The predicted molar refractivity (Wildman–Crippen MR) is 162 cm³/mol. The van der Waals surface area contributed by atoms with Crippen LogP contribution in [0.1, 0.15) is 22.3 Å². The number of rotatable bonds is 2. The number of hydrogen-bond acceptors (Lipinski definition) is 2. The molecule has 0 radical (unpaired) electrons.